The number of guanidine groups is 1. The van der Waals surface area contributed by atoms with Crippen LogP contribution in [0.3, 0.4) is 0 Å². The van der Waals surface area contributed by atoms with Crippen molar-refractivity contribution in [1.82, 2.24) is 20.4 Å². The lowest BCUT2D eigenvalue weighted by molar-refractivity contribution is 0.0672. The second-order valence-electron chi connectivity index (χ2n) is 6.46. The Labute approximate surface area is 178 Å². The van der Waals surface area contributed by atoms with Gasteiger partial charge >= 0.3 is 0 Å². The van der Waals surface area contributed by atoms with Crippen LogP contribution in [0, 0.1) is 6.92 Å². The van der Waals surface area contributed by atoms with Gasteiger partial charge in [-0.3, -0.25) is 4.68 Å². The Kier molecular flexibility index (Phi) is 9.57. The zero-order valence-corrected chi connectivity index (χ0v) is 18.7. The summed E-state index contributed by atoms with van der Waals surface area (Å²) in [6.45, 7) is 7.86. The van der Waals surface area contributed by atoms with Crippen molar-refractivity contribution in [2.45, 2.75) is 26.4 Å². The Morgan fingerprint density at radius 3 is 2.78 bits per heavy atom. The number of nitrogens with one attached hydrogen (secondary N) is 2. The molecule has 7 nitrogen and oxygen atoms in total. The van der Waals surface area contributed by atoms with Crippen LogP contribution in [0.15, 0.2) is 41.7 Å². The SMILES string of the molecule is CCNC(=NCC(C)(O)c1cnn(C)c1)NCCOc1cccc(C)c1.I. The second-order valence-corrected chi connectivity index (χ2v) is 6.46. The topological polar surface area (TPSA) is 83.7 Å². The van der Waals surface area contributed by atoms with Crippen LogP contribution in [-0.4, -0.2) is 47.1 Å². The molecule has 0 saturated carbocycles. The van der Waals surface area contributed by atoms with Gasteiger partial charge in [0.25, 0.3) is 0 Å². The van der Waals surface area contributed by atoms with Gasteiger partial charge in [0.1, 0.15) is 18.0 Å². The van der Waals surface area contributed by atoms with E-state index in [4.69, 9.17) is 4.74 Å². The predicted molar refractivity (Wildman–Crippen MR) is 119 cm³/mol. The summed E-state index contributed by atoms with van der Waals surface area (Å²) in [6, 6.07) is 7.96. The highest BCUT2D eigenvalue weighted by Gasteiger charge is 2.24. The molecular formula is C19H30IN5O2. The quantitative estimate of drug-likeness (QED) is 0.230. The fourth-order valence-electron chi connectivity index (χ4n) is 2.41. The summed E-state index contributed by atoms with van der Waals surface area (Å²) < 4.78 is 7.39. The van der Waals surface area contributed by atoms with Crippen LogP contribution >= 0.6 is 24.0 Å². The molecule has 0 spiro atoms. The maximum Gasteiger partial charge on any atom is 0.191 e. The van der Waals surface area contributed by atoms with E-state index in [-0.39, 0.29) is 30.5 Å². The predicted octanol–water partition coefficient (Wildman–Crippen LogP) is 2.19. The maximum absolute atomic E-state index is 10.6. The first-order valence-electron chi connectivity index (χ1n) is 8.84. The van der Waals surface area contributed by atoms with Crippen molar-refractivity contribution in [2.24, 2.45) is 12.0 Å². The van der Waals surface area contributed by atoms with Crippen LogP contribution in [0.25, 0.3) is 0 Å². The lowest BCUT2D eigenvalue weighted by Crippen LogP contribution is -2.40. The highest BCUT2D eigenvalue weighted by molar-refractivity contribution is 14.0. The van der Waals surface area contributed by atoms with Crippen LogP contribution in [0.5, 0.6) is 5.75 Å². The molecule has 1 aromatic heterocycles. The summed E-state index contributed by atoms with van der Waals surface area (Å²) in [7, 11) is 1.82. The zero-order valence-electron chi connectivity index (χ0n) is 16.4. The third-order valence-electron chi connectivity index (χ3n) is 3.87. The molecule has 0 bridgehead atoms. The van der Waals surface area contributed by atoms with E-state index in [1.54, 1.807) is 24.0 Å². The van der Waals surface area contributed by atoms with Gasteiger partial charge in [0.15, 0.2) is 5.96 Å². The number of hydrogen-bond donors (Lipinski definition) is 3. The van der Waals surface area contributed by atoms with Gasteiger partial charge in [-0.05, 0) is 38.5 Å². The van der Waals surface area contributed by atoms with Gasteiger partial charge in [-0.2, -0.15) is 5.10 Å². The fraction of sp³-hybridized carbons (Fsp3) is 0.474. The minimum Gasteiger partial charge on any atom is -0.492 e. The number of aliphatic hydroxyl groups is 1. The molecule has 1 unspecified atom stereocenters. The summed E-state index contributed by atoms with van der Waals surface area (Å²) in [5.74, 6) is 1.50. The highest BCUT2D eigenvalue weighted by Crippen LogP contribution is 2.19. The largest absolute Gasteiger partial charge is 0.492 e. The number of rotatable bonds is 8. The Morgan fingerprint density at radius 2 is 2.15 bits per heavy atom. The lowest BCUT2D eigenvalue weighted by atomic mass is 10.0. The van der Waals surface area contributed by atoms with E-state index in [2.05, 4.69) is 20.7 Å². The molecule has 0 aliphatic heterocycles. The number of aliphatic imine (C=N–C) groups is 1. The number of ether oxygens (including phenoxy) is 1. The van der Waals surface area contributed by atoms with Gasteiger partial charge in [0.2, 0.25) is 0 Å². The maximum atomic E-state index is 10.6. The molecule has 1 aromatic carbocycles. The van der Waals surface area contributed by atoms with E-state index in [9.17, 15) is 5.11 Å². The molecule has 0 aliphatic rings. The van der Waals surface area contributed by atoms with Crippen LogP contribution in [0.2, 0.25) is 0 Å². The van der Waals surface area contributed by atoms with Crippen molar-refractivity contribution in [3.63, 3.8) is 0 Å². The Bertz CT molecular complexity index is 730. The normalized spacial score (nSPS) is 13.4. The Morgan fingerprint density at radius 1 is 1.37 bits per heavy atom. The molecule has 8 heteroatoms. The van der Waals surface area contributed by atoms with Crippen molar-refractivity contribution < 1.29 is 9.84 Å². The molecule has 2 aromatic rings. The summed E-state index contributed by atoms with van der Waals surface area (Å²) in [5.41, 5.74) is 0.833. The van der Waals surface area contributed by atoms with Crippen molar-refractivity contribution in [2.75, 3.05) is 26.2 Å². The van der Waals surface area contributed by atoms with Gasteiger partial charge in [-0.15, -0.1) is 24.0 Å². The van der Waals surface area contributed by atoms with Crippen molar-refractivity contribution >= 4 is 29.9 Å². The average molecular weight is 487 g/mol. The summed E-state index contributed by atoms with van der Waals surface area (Å²) in [6.07, 6.45) is 3.46. The van der Waals surface area contributed by atoms with Gasteiger partial charge in [-0.1, -0.05) is 12.1 Å². The Balaban J connectivity index is 0.00000364. The number of aromatic nitrogens is 2. The minimum absolute atomic E-state index is 0. The van der Waals surface area contributed by atoms with Crippen LogP contribution in [-0.2, 0) is 12.6 Å². The van der Waals surface area contributed by atoms with E-state index in [1.165, 1.54) is 5.56 Å². The summed E-state index contributed by atoms with van der Waals surface area (Å²) in [5, 5.41) is 21.1. The van der Waals surface area contributed by atoms with Gasteiger partial charge in [0, 0.05) is 25.4 Å². The van der Waals surface area contributed by atoms with Crippen LogP contribution < -0.4 is 15.4 Å². The number of nitrogens with zero attached hydrogens (tertiary/aromatic N) is 3. The van der Waals surface area contributed by atoms with Crippen molar-refractivity contribution in [1.29, 1.82) is 0 Å². The molecule has 1 atom stereocenters. The zero-order chi connectivity index (χ0) is 19.0. The monoisotopic (exact) mass is 487 g/mol. The smallest absolute Gasteiger partial charge is 0.191 e. The van der Waals surface area contributed by atoms with Crippen LogP contribution in [0.1, 0.15) is 25.0 Å². The molecule has 0 saturated heterocycles. The molecule has 27 heavy (non-hydrogen) atoms. The lowest BCUT2D eigenvalue weighted by Gasteiger charge is -2.20. The van der Waals surface area contributed by atoms with Crippen molar-refractivity contribution in [3.8, 4) is 5.75 Å². The molecule has 150 valence electrons. The van der Waals surface area contributed by atoms with Crippen LogP contribution in [0.4, 0.5) is 0 Å². The molecule has 3 N–H and O–H groups in total. The summed E-state index contributed by atoms with van der Waals surface area (Å²) in [4.78, 5) is 4.48. The third-order valence-corrected chi connectivity index (χ3v) is 3.87. The molecule has 2 rings (SSSR count). The minimum atomic E-state index is -1.07. The van der Waals surface area contributed by atoms with E-state index in [1.807, 2.05) is 45.2 Å². The molecule has 0 radical (unpaired) electrons. The molecule has 1 heterocycles. The van der Waals surface area contributed by atoms with E-state index >= 15 is 0 Å². The first-order valence-corrected chi connectivity index (χ1v) is 8.84. The number of aryl methyl sites for hydroxylation is 2. The Hall–Kier alpha value is -1.81. The van der Waals surface area contributed by atoms with Gasteiger partial charge < -0.3 is 20.5 Å². The third kappa shape index (κ3) is 7.76. The summed E-state index contributed by atoms with van der Waals surface area (Å²) >= 11 is 0. The van der Waals surface area contributed by atoms with Gasteiger partial charge in [-0.25, -0.2) is 4.99 Å². The molecular weight excluding hydrogens is 457 g/mol. The molecule has 0 amide bonds. The van der Waals surface area contributed by atoms with E-state index in [0.717, 1.165) is 17.9 Å². The van der Waals surface area contributed by atoms with E-state index < -0.39 is 5.60 Å². The van der Waals surface area contributed by atoms with Gasteiger partial charge in [0.05, 0.1) is 19.3 Å². The first kappa shape index (κ1) is 23.2. The fourth-order valence-corrected chi connectivity index (χ4v) is 2.41. The number of hydrogen-bond acceptors (Lipinski definition) is 4. The van der Waals surface area contributed by atoms with Crippen molar-refractivity contribution in [3.05, 3.63) is 47.8 Å². The highest BCUT2D eigenvalue weighted by atomic mass is 127. The molecule has 0 fully saturated rings. The number of benzene rings is 1. The standard InChI is InChI=1S/C19H29N5O2.HI/c1-5-20-18(21-9-10-26-17-8-6-7-15(2)11-17)22-14-19(3,25)16-12-23-24(4)13-16;/h6-8,11-13,25H,5,9-10,14H2,1-4H3,(H2,20,21,22);1H. The first-order chi connectivity index (χ1) is 12.4. The second kappa shape index (κ2) is 11.1. The van der Waals surface area contributed by atoms with E-state index in [0.29, 0.717) is 19.1 Å². The number of halogens is 1. The average Bonchev–Trinajstić information content (AvgIpc) is 3.04. The molecule has 0 aliphatic carbocycles.